The molecule has 0 bridgehead atoms. The summed E-state index contributed by atoms with van der Waals surface area (Å²) in [5, 5.41) is 2.80. The fourth-order valence-corrected chi connectivity index (χ4v) is 2.83. The molecule has 0 aromatic heterocycles. The quantitative estimate of drug-likeness (QED) is 0.833. The largest absolute Gasteiger partial charge is 0.396 e. The zero-order valence-corrected chi connectivity index (χ0v) is 12.0. The summed E-state index contributed by atoms with van der Waals surface area (Å²) < 4.78 is 13.1. The van der Waals surface area contributed by atoms with E-state index in [4.69, 9.17) is 5.73 Å². The third-order valence-electron chi connectivity index (χ3n) is 4.03. The van der Waals surface area contributed by atoms with Crippen molar-refractivity contribution in [3.8, 4) is 0 Å². The third-order valence-corrected chi connectivity index (χ3v) is 4.03. The van der Waals surface area contributed by atoms with E-state index in [-0.39, 0.29) is 17.6 Å². The van der Waals surface area contributed by atoms with Gasteiger partial charge < -0.3 is 11.1 Å². The molecule has 1 saturated heterocycles. The lowest BCUT2D eigenvalue weighted by atomic mass is 10.1. The van der Waals surface area contributed by atoms with Gasteiger partial charge in [0.1, 0.15) is 5.82 Å². The molecule has 1 heterocycles. The Morgan fingerprint density at radius 1 is 1.60 bits per heavy atom. The van der Waals surface area contributed by atoms with E-state index in [0.29, 0.717) is 11.7 Å². The van der Waals surface area contributed by atoms with E-state index < -0.39 is 5.82 Å². The second kappa shape index (κ2) is 6.22. The molecule has 2 unspecified atom stereocenters. The molecule has 0 aliphatic carbocycles. The van der Waals surface area contributed by atoms with Crippen molar-refractivity contribution in [3.63, 3.8) is 0 Å². The van der Waals surface area contributed by atoms with Crippen LogP contribution in [0.5, 0.6) is 0 Å². The van der Waals surface area contributed by atoms with Gasteiger partial charge in [0.2, 0.25) is 5.91 Å². The minimum Gasteiger partial charge on any atom is -0.396 e. The fraction of sp³-hybridized carbons (Fsp3) is 0.533. The summed E-state index contributed by atoms with van der Waals surface area (Å²) in [6.07, 6.45) is 3.35. The Morgan fingerprint density at radius 3 is 3.00 bits per heavy atom. The van der Waals surface area contributed by atoms with Crippen molar-refractivity contribution < 1.29 is 9.18 Å². The lowest BCUT2D eigenvalue weighted by molar-refractivity contribution is -0.121. The molecule has 2 rings (SSSR count). The number of nitrogens with two attached hydrogens (primary N) is 1. The molecule has 1 aliphatic rings. The topological polar surface area (TPSA) is 58.4 Å². The lowest BCUT2D eigenvalue weighted by Crippen LogP contribution is -2.44. The van der Waals surface area contributed by atoms with E-state index in [1.165, 1.54) is 18.2 Å². The average Bonchev–Trinajstić information content (AvgIpc) is 2.90. The standard InChI is InChI=1S/C15H22FN3O/c1-3-12-5-4-8-19(12)10(2)15(20)18-11-6-7-13(16)14(17)9-11/h6-7,9-10,12H,3-5,8,17H2,1-2H3,(H,18,20). The van der Waals surface area contributed by atoms with Gasteiger partial charge in [0.25, 0.3) is 0 Å². The summed E-state index contributed by atoms with van der Waals surface area (Å²) in [5.74, 6) is -0.544. The number of carbonyl (C=O) groups excluding carboxylic acids is 1. The van der Waals surface area contributed by atoms with Crippen molar-refractivity contribution in [1.82, 2.24) is 4.90 Å². The van der Waals surface area contributed by atoms with Crippen molar-refractivity contribution in [3.05, 3.63) is 24.0 Å². The van der Waals surface area contributed by atoms with Crippen LogP contribution in [0.25, 0.3) is 0 Å². The van der Waals surface area contributed by atoms with Gasteiger partial charge in [-0.2, -0.15) is 0 Å². The van der Waals surface area contributed by atoms with Gasteiger partial charge in [-0.25, -0.2) is 4.39 Å². The second-order valence-electron chi connectivity index (χ2n) is 5.34. The van der Waals surface area contributed by atoms with Crippen LogP contribution in [-0.4, -0.2) is 29.4 Å². The summed E-state index contributed by atoms with van der Waals surface area (Å²) in [6, 6.07) is 4.53. The molecule has 2 atom stereocenters. The fourth-order valence-electron chi connectivity index (χ4n) is 2.83. The Bertz CT molecular complexity index is 492. The van der Waals surface area contributed by atoms with Crippen LogP contribution < -0.4 is 11.1 Å². The van der Waals surface area contributed by atoms with Crippen LogP contribution in [0.4, 0.5) is 15.8 Å². The Balaban J connectivity index is 2.02. The molecule has 0 spiro atoms. The van der Waals surface area contributed by atoms with Crippen molar-refractivity contribution in [2.24, 2.45) is 0 Å². The van der Waals surface area contributed by atoms with E-state index in [9.17, 15) is 9.18 Å². The van der Waals surface area contributed by atoms with Crippen LogP contribution in [0.15, 0.2) is 18.2 Å². The first kappa shape index (κ1) is 14.8. The number of amides is 1. The van der Waals surface area contributed by atoms with Crippen molar-refractivity contribution in [1.29, 1.82) is 0 Å². The van der Waals surface area contributed by atoms with Crippen LogP contribution in [0.2, 0.25) is 0 Å². The monoisotopic (exact) mass is 279 g/mol. The van der Waals surface area contributed by atoms with Gasteiger partial charge in [0.05, 0.1) is 11.7 Å². The molecule has 5 heteroatoms. The maximum absolute atomic E-state index is 13.1. The van der Waals surface area contributed by atoms with E-state index >= 15 is 0 Å². The van der Waals surface area contributed by atoms with Gasteiger partial charge in [0.15, 0.2) is 0 Å². The first-order chi connectivity index (χ1) is 9.52. The molecule has 3 N–H and O–H groups in total. The number of hydrogen-bond acceptors (Lipinski definition) is 3. The second-order valence-corrected chi connectivity index (χ2v) is 5.34. The van der Waals surface area contributed by atoms with Gasteiger partial charge >= 0.3 is 0 Å². The molecular formula is C15H22FN3O. The molecule has 1 fully saturated rings. The Labute approximate surface area is 119 Å². The number of rotatable bonds is 4. The molecular weight excluding hydrogens is 257 g/mol. The van der Waals surface area contributed by atoms with Crippen LogP contribution in [0, 0.1) is 5.82 Å². The molecule has 4 nitrogen and oxygen atoms in total. The number of likely N-dealkylation sites (tertiary alicyclic amines) is 1. The number of nitrogens with zero attached hydrogens (tertiary/aromatic N) is 1. The summed E-state index contributed by atoms with van der Waals surface area (Å²) in [4.78, 5) is 14.5. The SMILES string of the molecule is CCC1CCCN1C(C)C(=O)Nc1ccc(F)c(N)c1. The van der Waals surface area contributed by atoms with Gasteiger partial charge in [0, 0.05) is 11.7 Å². The summed E-state index contributed by atoms with van der Waals surface area (Å²) in [6.45, 7) is 5.02. The van der Waals surface area contributed by atoms with E-state index in [0.717, 1.165) is 25.8 Å². The molecule has 1 aromatic carbocycles. The van der Waals surface area contributed by atoms with Crippen LogP contribution >= 0.6 is 0 Å². The highest BCUT2D eigenvalue weighted by atomic mass is 19.1. The summed E-state index contributed by atoms with van der Waals surface area (Å²) in [7, 11) is 0. The van der Waals surface area contributed by atoms with Gasteiger partial charge in [-0.1, -0.05) is 6.92 Å². The Hall–Kier alpha value is -1.62. The molecule has 1 aromatic rings. The van der Waals surface area contributed by atoms with E-state index in [1.807, 2.05) is 6.92 Å². The summed E-state index contributed by atoms with van der Waals surface area (Å²) >= 11 is 0. The highest BCUT2D eigenvalue weighted by Gasteiger charge is 2.30. The van der Waals surface area contributed by atoms with Crippen molar-refractivity contribution in [2.75, 3.05) is 17.6 Å². The highest BCUT2D eigenvalue weighted by molar-refractivity contribution is 5.95. The van der Waals surface area contributed by atoms with Crippen molar-refractivity contribution in [2.45, 2.75) is 45.2 Å². The smallest absolute Gasteiger partial charge is 0.241 e. The van der Waals surface area contributed by atoms with Crippen molar-refractivity contribution >= 4 is 17.3 Å². The zero-order valence-electron chi connectivity index (χ0n) is 12.0. The van der Waals surface area contributed by atoms with Crippen LogP contribution in [0.1, 0.15) is 33.1 Å². The van der Waals surface area contributed by atoms with Crippen LogP contribution in [-0.2, 0) is 4.79 Å². The van der Waals surface area contributed by atoms with Crippen LogP contribution in [0.3, 0.4) is 0 Å². The molecule has 110 valence electrons. The molecule has 1 amide bonds. The zero-order chi connectivity index (χ0) is 14.7. The minimum absolute atomic E-state index is 0.0445. The first-order valence-corrected chi connectivity index (χ1v) is 7.14. The number of nitrogens with one attached hydrogen (secondary N) is 1. The highest BCUT2D eigenvalue weighted by Crippen LogP contribution is 2.23. The van der Waals surface area contributed by atoms with Gasteiger partial charge in [-0.3, -0.25) is 9.69 Å². The molecule has 0 radical (unpaired) electrons. The maximum atomic E-state index is 13.1. The Kier molecular flexibility index (Phi) is 4.60. The van der Waals surface area contributed by atoms with E-state index in [2.05, 4.69) is 17.1 Å². The van der Waals surface area contributed by atoms with Gasteiger partial charge in [-0.05, 0) is 50.9 Å². The number of benzene rings is 1. The number of nitrogen functional groups attached to an aromatic ring is 1. The normalized spacial score (nSPS) is 20.9. The summed E-state index contributed by atoms with van der Waals surface area (Å²) in [5.41, 5.74) is 6.08. The predicted octanol–water partition coefficient (Wildman–Crippen LogP) is 2.61. The Morgan fingerprint density at radius 2 is 2.35 bits per heavy atom. The number of hydrogen-bond donors (Lipinski definition) is 2. The predicted molar refractivity (Wildman–Crippen MR) is 78.9 cm³/mol. The number of anilines is 2. The number of carbonyl (C=O) groups is 1. The molecule has 1 aliphatic heterocycles. The number of halogens is 1. The first-order valence-electron chi connectivity index (χ1n) is 7.14. The minimum atomic E-state index is -0.471. The molecule has 0 saturated carbocycles. The average molecular weight is 279 g/mol. The lowest BCUT2D eigenvalue weighted by Gasteiger charge is -2.29. The third kappa shape index (κ3) is 3.10. The van der Waals surface area contributed by atoms with Gasteiger partial charge in [-0.15, -0.1) is 0 Å². The maximum Gasteiger partial charge on any atom is 0.241 e. The van der Waals surface area contributed by atoms with E-state index in [1.54, 1.807) is 0 Å². The molecule has 20 heavy (non-hydrogen) atoms.